The number of aryl methyl sites for hydroxylation is 1. The van der Waals surface area contributed by atoms with Gasteiger partial charge < -0.3 is 9.84 Å². The van der Waals surface area contributed by atoms with Gasteiger partial charge >= 0.3 is 0 Å². The van der Waals surface area contributed by atoms with Crippen LogP contribution in [0, 0.1) is 24.7 Å². The van der Waals surface area contributed by atoms with E-state index in [1.54, 1.807) is 24.3 Å². The molecule has 6 atom stereocenters. The van der Waals surface area contributed by atoms with Crippen molar-refractivity contribution in [3.05, 3.63) is 64.2 Å². The van der Waals surface area contributed by atoms with Gasteiger partial charge in [-0.1, -0.05) is 51.3 Å². The van der Waals surface area contributed by atoms with Gasteiger partial charge in [-0.3, -0.25) is 24.1 Å². The molecule has 2 saturated heterocycles. The third-order valence-electron chi connectivity index (χ3n) is 8.96. The van der Waals surface area contributed by atoms with Crippen molar-refractivity contribution in [1.82, 2.24) is 4.90 Å². The largest absolute Gasteiger partial charge is 0.504 e. The number of ether oxygens (including phenoxy) is 1. The van der Waals surface area contributed by atoms with Crippen LogP contribution >= 0.6 is 50.7 Å². The molecule has 1 N–H and O–H groups in total. The minimum Gasteiger partial charge on any atom is -0.504 e. The summed E-state index contributed by atoms with van der Waals surface area (Å²) in [5.74, 6) is -5.32. The molecule has 3 fully saturated rings. The Morgan fingerprint density at radius 2 is 1.78 bits per heavy atom. The number of nitrogens with zero attached hydrogens (tertiary/aromatic N) is 2. The van der Waals surface area contributed by atoms with Crippen molar-refractivity contribution in [3.8, 4) is 11.5 Å². The van der Waals surface area contributed by atoms with Gasteiger partial charge in [-0.05, 0) is 61.1 Å². The van der Waals surface area contributed by atoms with E-state index in [1.165, 1.54) is 19.2 Å². The number of hydrogen-bond acceptors (Lipinski definition) is 6. The number of amides is 4. The van der Waals surface area contributed by atoms with E-state index >= 15 is 0 Å². The van der Waals surface area contributed by atoms with Crippen LogP contribution in [0.1, 0.15) is 29.9 Å². The maximum Gasteiger partial charge on any atom is 0.254 e. The summed E-state index contributed by atoms with van der Waals surface area (Å²) in [5, 5.41) is 11.1. The molecule has 0 unspecified atom stereocenters. The smallest absolute Gasteiger partial charge is 0.254 e. The maximum atomic E-state index is 14.1. The molecule has 1 saturated carbocycles. The first-order valence-electron chi connectivity index (χ1n) is 12.9. The molecule has 41 heavy (non-hydrogen) atoms. The third kappa shape index (κ3) is 3.71. The lowest BCUT2D eigenvalue weighted by Gasteiger charge is -2.50. The summed E-state index contributed by atoms with van der Waals surface area (Å²) in [4.78, 5) is 53.5. The monoisotopic (exact) mass is 680 g/mol. The average Bonchev–Trinajstić information content (AvgIpc) is 3.28. The van der Waals surface area contributed by atoms with Gasteiger partial charge in [0.25, 0.3) is 11.8 Å². The summed E-state index contributed by atoms with van der Waals surface area (Å²) >= 11 is 23.9. The van der Waals surface area contributed by atoms with Gasteiger partial charge in [-0.25, -0.2) is 4.90 Å². The first-order valence-corrected chi connectivity index (χ1v) is 15.2. The number of imide groups is 2. The zero-order chi connectivity index (χ0) is 29.6. The van der Waals surface area contributed by atoms with E-state index in [1.807, 2.05) is 13.0 Å². The number of methoxy groups -OCH3 is 1. The Kier molecular flexibility index (Phi) is 6.77. The molecule has 8 nitrogen and oxygen atoms in total. The lowest BCUT2D eigenvalue weighted by Crippen LogP contribution is -2.60. The van der Waals surface area contributed by atoms with Crippen LogP contribution in [0.3, 0.4) is 0 Å². The number of phenolic OH excluding ortho intramolecular Hbond substituents is 1. The molecule has 4 aliphatic rings. The van der Waals surface area contributed by atoms with E-state index in [9.17, 15) is 24.3 Å². The molecule has 0 bridgehead atoms. The van der Waals surface area contributed by atoms with E-state index in [0.29, 0.717) is 21.8 Å². The van der Waals surface area contributed by atoms with Crippen molar-refractivity contribution in [1.29, 1.82) is 0 Å². The molecule has 0 radical (unpaired) electrons. The van der Waals surface area contributed by atoms with Gasteiger partial charge in [0.2, 0.25) is 11.8 Å². The van der Waals surface area contributed by atoms with Gasteiger partial charge in [-0.15, -0.1) is 23.2 Å². The molecule has 2 aromatic carbocycles. The van der Waals surface area contributed by atoms with E-state index < -0.39 is 51.1 Å². The first-order chi connectivity index (χ1) is 19.4. The topological polar surface area (TPSA) is 104 Å². The second-order valence-electron chi connectivity index (χ2n) is 10.9. The number of halogens is 4. The van der Waals surface area contributed by atoms with E-state index in [2.05, 4.69) is 15.9 Å². The lowest BCUT2D eigenvalue weighted by molar-refractivity contribution is -0.138. The molecule has 2 aromatic rings. The summed E-state index contributed by atoms with van der Waals surface area (Å²) < 4.78 is 5.19. The summed E-state index contributed by atoms with van der Waals surface area (Å²) in [6.45, 7) is 1.82. The number of rotatable bonds is 4. The van der Waals surface area contributed by atoms with Crippen molar-refractivity contribution >= 4 is 80.0 Å². The highest BCUT2D eigenvalue weighted by Gasteiger charge is 2.76. The van der Waals surface area contributed by atoms with E-state index in [4.69, 9.17) is 39.5 Å². The van der Waals surface area contributed by atoms with Crippen molar-refractivity contribution in [2.75, 3.05) is 17.5 Å². The molecule has 2 heterocycles. The minimum atomic E-state index is -1.95. The van der Waals surface area contributed by atoms with Crippen molar-refractivity contribution in [2.24, 2.45) is 17.8 Å². The van der Waals surface area contributed by atoms with Crippen LogP contribution in [0.4, 0.5) is 5.69 Å². The zero-order valence-electron chi connectivity index (χ0n) is 21.9. The van der Waals surface area contributed by atoms with Crippen molar-refractivity contribution in [2.45, 2.75) is 35.4 Å². The maximum absolute atomic E-state index is 14.1. The van der Waals surface area contributed by atoms with Crippen LogP contribution in [-0.2, 0) is 19.2 Å². The normalized spacial score (nSPS) is 32.6. The molecule has 2 aliphatic carbocycles. The third-order valence-corrected chi connectivity index (χ3v) is 11.3. The second kappa shape index (κ2) is 9.73. The predicted octanol–water partition coefficient (Wildman–Crippen LogP) is 5.28. The number of likely N-dealkylation sites (tertiary alicyclic amines) is 1. The lowest BCUT2D eigenvalue weighted by atomic mass is 9.56. The molecular formula is C29H24BrCl3N2O6. The van der Waals surface area contributed by atoms with Gasteiger partial charge in [0.05, 0.1) is 30.1 Å². The van der Waals surface area contributed by atoms with Crippen LogP contribution in [0.15, 0.2) is 48.0 Å². The van der Waals surface area contributed by atoms with Crippen LogP contribution in [0.25, 0.3) is 0 Å². The summed E-state index contributed by atoms with van der Waals surface area (Å²) in [7, 11) is 1.41. The number of aromatic hydroxyl groups is 1. The van der Waals surface area contributed by atoms with Crippen molar-refractivity contribution < 1.29 is 29.0 Å². The number of carbonyl (C=O) groups excluding carboxylic acids is 4. The fourth-order valence-electron chi connectivity index (χ4n) is 6.99. The van der Waals surface area contributed by atoms with Crippen LogP contribution in [0.5, 0.6) is 11.5 Å². The SMILES string of the molecule is COc1ccc([C@H]2C3=CC[C@@H]4C(=O)N(c5ccc(C)c(Cl)c5)C(=O)[C@@H]4[C@@H]3C[C@@]3(Cl)C(=O)N(CBr)C(=O)[C@@]23Cl)cc1O. The number of alkyl halides is 3. The quantitative estimate of drug-likeness (QED) is 0.204. The Bertz CT molecular complexity index is 1580. The van der Waals surface area contributed by atoms with Crippen LogP contribution < -0.4 is 9.64 Å². The molecule has 214 valence electrons. The highest BCUT2D eigenvalue weighted by molar-refractivity contribution is 9.09. The summed E-state index contributed by atoms with van der Waals surface area (Å²) in [6.07, 6.45) is 1.94. The Balaban J connectivity index is 1.51. The molecular weight excluding hydrogens is 659 g/mol. The molecule has 0 spiro atoms. The Labute approximate surface area is 259 Å². The van der Waals surface area contributed by atoms with Gasteiger partial charge in [0, 0.05) is 10.9 Å². The van der Waals surface area contributed by atoms with E-state index in [-0.39, 0.29) is 35.7 Å². The molecule has 6 rings (SSSR count). The van der Waals surface area contributed by atoms with Gasteiger partial charge in [0.15, 0.2) is 21.2 Å². The number of fused-ring (bicyclic) bond motifs is 4. The average molecular weight is 683 g/mol. The summed E-state index contributed by atoms with van der Waals surface area (Å²) in [6, 6.07) is 9.61. The Morgan fingerprint density at radius 3 is 2.41 bits per heavy atom. The number of carbonyl (C=O) groups is 4. The highest BCUT2D eigenvalue weighted by atomic mass is 79.9. The zero-order valence-corrected chi connectivity index (χ0v) is 25.7. The number of hydrogen-bond donors (Lipinski definition) is 1. The number of anilines is 1. The standard InChI is InChI=1S/C29H24BrCl3N2O6/c1-13-3-5-15(10-19(13)31)35-24(37)17-7-6-16-18(22(17)25(35)38)11-28(32)26(39)34(12-30)27(40)29(28,33)23(16)14-4-8-21(41-2)20(36)9-14/h3-6,8-10,17-18,22-23,36H,7,11-12H2,1-2H3/t17-,18+,22-,23-,28+,29-/m0/s1. The Hall–Kier alpha value is -2.59. The molecule has 4 amide bonds. The minimum absolute atomic E-state index is 0.122. The number of allylic oxidation sites excluding steroid dienone is 2. The fourth-order valence-corrected chi connectivity index (χ4v) is 8.59. The van der Waals surface area contributed by atoms with Crippen LogP contribution in [0.2, 0.25) is 5.02 Å². The second-order valence-corrected chi connectivity index (χ2v) is 13.0. The Morgan fingerprint density at radius 1 is 1.05 bits per heavy atom. The first kappa shape index (κ1) is 28.5. The highest BCUT2D eigenvalue weighted by Crippen LogP contribution is 2.65. The van der Waals surface area contributed by atoms with Gasteiger partial charge in [-0.2, -0.15) is 0 Å². The fraction of sp³-hybridized carbons (Fsp3) is 0.379. The molecule has 12 heteroatoms. The summed E-state index contributed by atoms with van der Waals surface area (Å²) in [5.41, 5.74) is 2.10. The molecule has 0 aromatic heterocycles. The molecule has 2 aliphatic heterocycles. The van der Waals surface area contributed by atoms with Crippen molar-refractivity contribution in [3.63, 3.8) is 0 Å². The van der Waals surface area contributed by atoms with Gasteiger partial charge in [0.1, 0.15) is 0 Å². The number of benzene rings is 2. The van der Waals surface area contributed by atoms with E-state index in [0.717, 1.165) is 15.4 Å². The predicted molar refractivity (Wildman–Crippen MR) is 157 cm³/mol. The van der Waals surface area contributed by atoms with Crippen LogP contribution in [-0.4, -0.2) is 55.9 Å². The number of phenols is 1.